The predicted molar refractivity (Wildman–Crippen MR) is 74.3 cm³/mol. The Hall–Kier alpha value is -0.710. The summed E-state index contributed by atoms with van der Waals surface area (Å²) in [6.07, 6.45) is -2.19. The number of rotatable bonds is 2. The van der Waals surface area contributed by atoms with Crippen LogP contribution in [0.2, 0.25) is 0 Å². The van der Waals surface area contributed by atoms with Crippen molar-refractivity contribution >= 4 is 21.6 Å². The summed E-state index contributed by atoms with van der Waals surface area (Å²) in [5.74, 6) is -1.16. The van der Waals surface area contributed by atoms with Crippen LogP contribution in [-0.2, 0) is 0 Å². The zero-order valence-corrected chi connectivity index (χ0v) is 12.3. The van der Waals surface area contributed by atoms with Crippen molar-refractivity contribution in [3.63, 3.8) is 0 Å². The molecule has 1 aliphatic carbocycles. The van der Waals surface area contributed by atoms with Crippen molar-refractivity contribution in [2.24, 2.45) is 5.92 Å². The van der Waals surface area contributed by atoms with E-state index in [4.69, 9.17) is 0 Å². The first-order valence-corrected chi connectivity index (χ1v) is 7.25. The Bertz CT molecular complexity index is 445. The lowest BCUT2D eigenvalue weighted by atomic mass is 9.85. The minimum absolute atomic E-state index is 0.0895. The van der Waals surface area contributed by atoms with Gasteiger partial charge >= 0.3 is 6.18 Å². The van der Waals surface area contributed by atoms with Crippen molar-refractivity contribution < 1.29 is 13.2 Å². The third-order valence-electron chi connectivity index (χ3n) is 3.76. The first kappa shape index (κ1) is 14.7. The van der Waals surface area contributed by atoms with Gasteiger partial charge in [-0.1, -0.05) is 28.4 Å². The fourth-order valence-corrected chi connectivity index (χ4v) is 2.97. The lowest BCUT2D eigenvalue weighted by Gasteiger charge is -2.32. The average molecular weight is 336 g/mol. The van der Waals surface area contributed by atoms with Crippen LogP contribution in [0.3, 0.4) is 0 Å². The van der Waals surface area contributed by atoms with Crippen LogP contribution in [0.25, 0.3) is 0 Å². The van der Waals surface area contributed by atoms with E-state index in [0.717, 1.165) is 22.1 Å². The van der Waals surface area contributed by atoms with Gasteiger partial charge in [0, 0.05) is 16.2 Å². The predicted octanol–water partition coefficient (Wildman–Crippen LogP) is 5.29. The molecule has 1 aromatic carbocycles. The highest BCUT2D eigenvalue weighted by molar-refractivity contribution is 9.10. The number of alkyl halides is 3. The van der Waals surface area contributed by atoms with Gasteiger partial charge in [-0.2, -0.15) is 13.2 Å². The van der Waals surface area contributed by atoms with E-state index >= 15 is 0 Å². The fourth-order valence-electron chi connectivity index (χ4n) is 2.60. The molecule has 0 saturated heterocycles. The second kappa shape index (κ2) is 5.73. The summed E-state index contributed by atoms with van der Waals surface area (Å²) in [5, 5.41) is 3.26. The molecule has 1 aromatic rings. The molecule has 0 bridgehead atoms. The maximum absolute atomic E-state index is 12.8. The van der Waals surface area contributed by atoms with Crippen LogP contribution in [0.15, 0.2) is 22.7 Å². The van der Waals surface area contributed by atoms with E-state index < -0.39 is 12.1 Å². The average Bonchev–Trinajstić information content (AvgIpc) is 2.34. The van der Waals surface area contributed by atoms with E-state index in [1.807, 2.05) is 25.1 Å². The van der Waals surface area contributed by atoms with Gasteiger partial charge in [-0.3, -0.25) is 0 Å². The second-order valence-electron chi connectivity index (χ2n) is 5.16. The minimum Gasteiger partial charge on any atom is -0.382 e. The normalized spacial score (nSPS) is 24.3. The molecule has 2 rings (SSSR count). The molecule has 106 valence electrons. The van der Waals surface area contributed by atoms with Crippen molar-refractivity contribution in [3.05, 3.63) is 28.2 Å². The molecule has 1 fully saturated rings. The van der Waals surface area contributed by atoms with Gasteiger partial charge in [0.2, 0.25) is 0 Å². The van der Waals surface area contributed by atoms with E-state index in [1.165, 1.54) is 0 Å². The largest absolute Gasteiger partial charge is 0.391 e. The number of hydrogen-bond donors (Lipinski definition) is 1. The topological polar surface area (TPSA) is 12.0 Å². The number of anilines is 1. The summed E-state index contributed by atoms with van der Waals surface area (Å²) in [6, 6.07) is 5.65. The molecular formula is C14H17BrF3N. The zero-order valence-electron chi connectivity index (χ0n) is 10.7. The molecule has 19 heavy (non-hydrogen) atoms. The molecule has 0 radical (unpaired) electrons. The standard InChI is InChI=1S/C14H17BrF3N/c1-9-12(15)6-3-7-13(9)19-11-5-2-4-10(8-11)14(16,17)18/h3,6-7,10-11,19H,2,4-5,8H2,1H3. The monoisotopic (exact) mass is 335 g/mol. The van der Waals surface area contributed by atoms with E-state index in [9.17, 15) is 13.2 Å². The number of benzene rings is 1. The highest BCUT2D eigenvalue weighted by atomic mass is 79.9. The number of hydrogen-bond acceptors (Lipinski definition) is 1. The van der Waals surface area contributed by atoms with Gasteiger partial charge in [0.05, 0.1) is 5.92 Å². The fraction of sp³-hybridized carbons (Fsp3) is 0.571. The third-order valence-corrected chi connectivity index (χ3v) is 4.62. The van der Waals surface area contributed by atoms with Crippen molar-refractivity contribution in [1.82, 2.24) is 0 Å². The molecule has 2 unspecified atom stereocenters. The molecule has 1 N–H and O–H groups in total. The van der Waals surface area contributed by atoms with E-state index in [-0.39, 0.29) is 18.9 Å². The van der Waals surface area contributed by atoms with Gasteiger partial charge in [0.25, 0.3) is 0 Å². The molecule has 0 spiro atoms. The zero-order chi connectivity index (χ0) is 14.0. The van der Waals surface area contributed by atoms with Gasteiger partial charge < -0.3 is 5.32 Å². The highest BCUT2D eigenvalue weighted by Gasteiger charge is 2.42. The Balaban J connectivity index is 2.05. The van der Waals surface area contributed by atoms with Crippen LogP contribution < -0.4 is 5.32 Å². The Morgan fingerprint density at radius 3 is 2.68 bits per heavy atom. The lowest BCUT2D eigenvalue weighted by molar-refractivity contribution is -0.182. The van der Waals surface area contributed by atoms with Crippen molar-refractivity contribution in [3.8, 4) is 0 Å². The van der Waals surface area contributed by atoms with Gasteiger partial charge in [0.1, 0.15) is 0 Å². The minimum atomic E-state index is -4.06. The molecule has 5 heteroatoms. The molecule has 0 amide bonds. The van der Waals surface area contributed by atoms with E-state index in [0.29, 0.717) is 6.42 Å². The third kappa shape index (κ3) is 3.65. The molecule has 1 aliphatic rings. The Kier molecular flexibility index (Phi) is 4.43. The molecule has 2 atom stereocenters. The summed E-state index contributed by atoms with van der Waals surface area (Å²) in [7, 11) is 0. The van der Waals surface area contributed by atoms with Crippen LogP contribution in [-0.4, -0.2) is 12.2 Å². The summed E-state index contributed by atoms with van der Waals surface area (Å²) < 4.78 is 39.3. The maximum Gasteiger partial charge on any atom is 0.391 e. The van der Waals surface area contributed by atoms with Gasteiger partial charge in [-0.15, -0.1) is 0 Å². The summed E-state index contributed by atoms with van der Waals surface area (Å²) in [5.41, 5.74) is 1.96. The first-order chi connectivity index (χ1) is 8.88. The first-order valence-electron chi connectivity index (χ1n) is 6.46. The van der Waals surface area contributed by atoms with Crippen molar-refractivity contribution in [2.45, 2.75) is 44.8 Å². The summed E-state index contributed by atoms with van der Waals surface area (Å²) >= 11 is 3.43. The van der Waals surface area contributed by atoms with Gasteiger partial charge in [-0.25, -0.2) is 0 Å². The summed E-state index contributed by atoms with van der Waals surface area (Å²) in [6.45, 7) is 1.95. The summed E-state index contributed by atoms with van der Waals surface area (Å²) in [4.78, 5) is 0. The second-order valence-corrected chi connectivity index (χ2v) is 6.01. The maximum atomic E-state index is 12.8. The van der Waals surface area contributed by atoms with Crippen LogP contribution in [0.1, 0.15) is 31.2 Å². The smallest absolute Gasteiger partial charge is 0.382 e. The Morgan fingerprint density at radius 2 is 2.00 bits per heavy atom. The molecule has 1 saturated carbocycles. The van der Waals surface area contributed by atoms with Crippen molar-refractivity contribution in [2.75, 3.05) is 5.32 Å². The van der Waals surface area contributed by atoms with Crippen LogP contribution in [0.5, 0.6) is 0 Å². The van der Waals surface area contributed by atoms with Gasteiger partial charge in [-0.05, 0) is 43.9 Å². The molecule has 0 aliphatic heterocycles. The Morgan fingerprint density at radius 1 is 1.26 bits per heavy atom. The quantitative estimate of drug-likeness (QED) is 0.774. The van der Waals surface area contributed by atoms with E-state index in [1.54, 1.807) is 0 Å². The molecule has 1 nitrogen and oxygen atoms in total. The van der Waals surface area contributed by atoms with Crippen molar-refractivity contribution in [1.29, 1.82) is 0 Å². The number of nitrogens with one attached hydrogen (secondary N) is 1. The van der Waals surface area contributed by atoms with Crippen LogP contribution in [0, 0.1) is 12.8 Å². The van der Waals surface area contributed by atoms with Crippen LogP contribution >= 0.6 is 15.9 Å². The van der Waals surface area contributed by atoms with Crippen LogP contribution in [0.4, 0.5) is 18.9 Å². The number of halogens is 4. The SMILES string of the molecule is Cc1c(Br)cccc1NC1CCCC(C(F)(F)F)C1. The Labute approximate surface area is 119 Å². The highest BCUT2D eigenvalue weighted by Crippen LogP contribution is 2.38. The van der Waals surface area contributed by atoms with Gasteiger partial charge in [0.15, 0.2) is 0 Å². The molecular weight excluding hydrogens is 319 g/mol. The molecule has 0 heterocycles. The van der Waals surface area contributed by atoms with E-state index in [2.05, 4.69) is 21.2 Å². The lowest BCUT2D eigenvalue weighted by Crippen LogP contribution is -2.34. The molecule has 0 aromatic heterocycles.